The molecule has 0 radical (unpaired) electrons. The lowest BCUT2D eigenvalue weighted by Gasteiger charge is -2.11. The van der Waals surface area contributed by atoms with Gasteiger partial charge in [-0.2, -0.15) is 11.3 Å². The van der Waals surface area contributed by atoms with E-state index in [0.717, 1.165) is 17.7 Å². The van der Waals surface area contributed by atoms with E-state index in [9.17, 15) is 13.9 Å². The Morgan fingerprint density at radius 2 is 1.88 bits per heavy atom. The van der Waals surface area contributed by atoms with Crippen molar-refractivity contribution < 1.29 is 13.9 Å². The molecule has 0 spiro atoms. The zero-order chi connectivity index (χ0) is 11.5. The fraction of sp³-hybridized carbons (Fsp3) is 0.167. The van der Waals surface area contributed by atoms with E-state index in [1.54, 1.807) is 0 Å². The van der Waals surface area contributed by atoms with Crippen LogP contribution in [0.3, 0.4) is 0 Å². The van der Waals surface area contributed by atoms with Crippen molar-refractivity contribution in [2.75, 3.05) is 0 Å². The highest BCUT2D eigenvalue weighted by Crippen LogP contribution is 2.24. The summed E-state index contributed by atoms with van der Waals surface area (Å²) >= 11 is 1.49. The number of hydrogen-bond donors (Lipinski definition) is 1. The average molecular weight is 240 g/mol. The fourth-order valence-electron chi connectivity index (χ4n) is 1.56. The molecule has 1 N–H and O–H groups in total. The molecule has 0 saturated heterocycles. The largest absolute Gasteiger partial charge is 0.388 e. The molecule has 1 atom stereocenters. The lowest BCUT2D eigenvalue weighted by atomic mass is 10.0. The van der Waals surface area contributed by atoms with Crippen LogP contribution in [0.2, 0.25) is 0 Å². The van der Waals surface area contributed by atoms with Gasteiger partial charge in [0.2, 0.25) is 0 Å². The Labute approximate surface area is 96.0 Å². The van der Waals surface area contributed by atoms with E-state index in [2.05, 4.69) is 0 Å². The maximum absolute atomic E-state index is 13.3. The fourth-order valence-corrected chi connectivity index (χ4v) is 2.24. The molecule has 1 aromatic heterocycles. The second-order valence-corrected chi connectivity index (χ2v) is 4.27. The van der Waals surface area contributed by atoms with E-state index in [4.69, 9.17) is 0 Å². The third-order valence-corrected chi connectivity index (χ3v) is 3.07. The maximum atomic E-state index is 13.3. The standard InChI is InChI=1S/C12H10F2OS/c13-9-2-1-3-10(14)12(9)11(15)6-8-4-5-16-7-8/h1-5,7,11,15H,6H2. The van der Waals surface area contributed by atoms with Crippen LogP contribution in [0.25, 0.3) is 0 Å². The number of aliphatic hydroxyl groups is 1. The first kappa shape index (κ1) is 11.2. The van der Waals surface area contributed by atoms with Gasteiger partial charge in [-0.15, -0.1) is 0 Å². The molecule has 0 aliphatic heterocycles. The van der Waals surface area contributed by atoms with E-state index < -0.39 is 17.7 Å². The molecule has 0 fully saturated rings. The minimum Gasteiger partial charge on any atom is -0.388 e. The number of halogens is 2. The average Bonchev–Trinajstić information content (AvgIpc) is 2.70. The van der Waals surface area contributed by atoms with Crippen molar-refractivity contribution in [3.63, 3.8) is 0 Å². The van der Waals surface area contributed by atoms with Gasteiger partial charge in [0.1, 0.15) is 11.6 Å². The van der Waals surface area contributed by atoms with Crippen LogP contribution in [0.15, 0.2) is 35.0 Å². The quantitative estimate of drug-likeness (QED) is 0.872. The minimum atomic E-state index is -1.14. The Morgan fingerprint density at radius 1 is 1.19 bits per heavy atom. The van der Waals surface area contributed by atoms with Crippen molar-refractivity contribution in [2.45, 2.75) is 12.5 Å². The predicted octanol–water partition coefficient (Wildman–Crippen LogP) is 3.30. The summed E-state index contributed by atoms with van der Waals surface area (Å²) in [7, 11) is 0. The van der Waals surface area contributed by atoms with Crippen LogP contribution in [-0.4, -0.2) is 5.11 Å². The van der Waals surface area contributed by atoms with Gasteiger partial charge in [-0.05, 0) is 34.5 Å². The van der Waals surface area contributed by atoms with E-state index in [1.165, 1.54) is 17.4 Å². The molecule has 0 amide bonds. The number of thiophene rings is 1. The number of hydrogen-bond acceptors (Lipinski definition) is 2. The van der Waals surface area contributed by atoms with Crippen molar-refractivity contribution in [1.82, 2.24) is 0 Å². The van der Waals surface area contributed by atoms with E-state index >= 15 is 0 Å². The number of aliphatic hydroxyl groups excluding tert-OH is 1. The molecule has 0 aliphatic carbocycles. The monoisotopic (exact) mass is 240 g/mol. The summed E-state index contributed by atoms with van der Waals surface area (Å²) in [5.41, 5.74) is 0.619. The van der Waals surface area contributed by atoms with Gasteiger partial charge in [0, 0.05) is 6.42 Å². The van der Waals surface area contributed by atoms with Gasteiger partial charge >= 0.3 is 0 Å². The molecule has 1 heterocycles. The van der Waals surface area contributed by atoms with Gasteiger partial charge in [0.25, 0.3) is 0 Å². The molecule has 2 rings (SSSR count). The Bertz CT molecular complexity index is 448. The second kappa shape index (κ2) is 4.72. The summed E-state index contributed by atoms with van der Waals surface area (Å²) in [5, 5.41) is 13.5. The van der Waals surface area contributed by atoms with Crippen molar-refractivity contribution >= 4 is 11.3 Å². The normalized spacial score (nSPS) is 12.7. The highest BCUT2D eigenvalue weighted by molar-refractivity contribution is 7.07. The first-order chi connectivity index (χ1) is 7.68. The van der Waals surface area contributed by atoms with E-state index in [0.29, 0.717) is 0 Å². The number of benzene rings is 1. The molecule has 84 valence electrons. The summed E-state index contributed by atoms with van der Waals surface area (Å²) in [4.78, 5) is 0. The molecule has 2 aromatic rings. The van der Waals surface area contributed by atoms with Crippen LogP contribution in [0.5, 0.6) is 0 Å². The zero-order valence-electron chi connectivity index (χ0n) is 8.36. The second-order valence-electron chi connectivity index (χ2n) is 3.49. The molecule has 16 heavy (non-hydrogen) atoms. The van der Waals surface area contributed by atoms with Gasteiger partial charge in [-0.3, -0.25) is 0 Å². The lowest BCUT2D eigenvalue weighted by Crippen LogP contribution is -2.06. The zero-order valence-corrected chi connectivity index (χ0v) is 9.18. The first-order valence-electron chi connectivity index (χ1n) is 4.81. The summed E-state index contributed by atoms with van der Waals surface area (Å²) in [6, 6.07) is 5.41. The Morgan fingerprint density at radius 3 is 2.44 bits per heavy atom. The molecule has 0 bridgehead atoms. The molecule has 0 saturated carbocycles. The Hall–Kier alpha value is -1.26. The number of rotatable bonds is 3. The maximum Gasteiger partial charge on any atom is 0.131 e. The van der Waals surface area contributed by atoms with Gasteiger partial charge < -0.3 is 5.11 Å². The van der Waals surface area contributed by atoms with Crippen LogP contribution in [0.4, 0.5) is 8.78 Å². The van der Waals surface area contributed by atoms with Gasteiger partial charge in [0.05, 0.1) is 11.7 Å². The van der Waals surface area contributed by atoms with Crippen LogP contribution in [0.1, 0.15) is 17.2 Å². The summed E-state index contributed by atoms with van der Waals surface area (Å²) in [5.74, 6) is -1.41. The lowest BCUT2D eigenvalue weighted by molar-refractivity contribution is 0.168. The smallest absolute Gasteiger partial charge is 0.131 e. The van der Waals surface area contributed by atoms with Crippen LogP contribution >= 0.6 is 11.3 Å². The molecular weight excluding hydrogens is 230 g/mol. The summed E-state index contributed by atoms with van der Waals surface area (Å²) < 4.78 is 26.7. The highest BCUT2D eigenvalue weighted by Gasteiger charge is 2.17. The molecule has 1 unspecified atom stereocenters. The summed E-state index contributed by atoms with van der Waals surface area (Å²) in [6.07, 6.45) is -0.919. The first-order valence-corrected chi connectivity index (χ1v) is 5.76. The van der Waals surface area contributed by atoms with Crippen molar-refractivity contribution in [2.24, 2.45) is 0 Å². The molecule has 1 aromatic carbocycles. The van der Waals surface area contributed by atoms with Gasteiger partial charge in [0.15, 0.2) is 0 Å². The van der Waals surface area contributed by atoms with Crippen molar-refractivity contribution in [1.29, 1.82) is 0 Å². The molecule has 4 heteroatoms. The molecular formula is C12H10F2OS. The van der Waals surface area contributed by atoms with Crippen LogP contribution in [0, 0.1) is 11.6 Å². The van der Waals surface area contributed by atoms with E-state index in [1.807, 2.05) is 16.8 Å². The molecule has 0 aliphatic rings. The van der Waals surface area contributed by atoms with Crippen molar-refractivity contribution in [3.05, 3.63) is 57.8 Å². The summed E-state index contributed by atoms with van der Waals surface area (Å²) in [6.45, 7) is 0. The predicted molar refractivity (Wildman–Crippen MR) is 59.3 cm³/mol. The van der Waals surface area contributed by atoms with Gasteiger partial charge in [-0.1, -0.05) is 6.07 Å². The topological polar surface area (TPSA) is 20.2 Å². The Balaban J connectivity index is 2.24. The van der Waals surface area contributed by atoms with Gasteiger partial charge in [-0.25, -0.2) is 8.78 Å². The third kappa shape index (κ3) is 2.28. The van der Waals surface area contributed by atoms with E-state index in [-0.39, 0.29) is 12.0 Å². The van der Waals surface area contributed by atoms with Crippen LogP contribution in [-0.2, 0) is 6.42 Å². The van der Waals surface area contributed by atoms with Crippen molar-refractivity contribution in [3.8, 4) is 0 Å². The minimum absolute atomic E-state index is 0.224. The SMILES string of the molecule is OC(Cc1ccsc1)c1c(F)cccc1F. The molecule has 1 nitrogen and oxygen atoms in total. The third-order valence-electron chi connectivity index (χ3n) is 2.34. The highest BCUT2D eigenvalue weighted by atomic mass is 32.1. The van der Waals surface area contributed by atoms with Crippen LogP contribution < -0.4 is 0 Å². The Kier molecular flexibility index (Phi) is 3.31.